The first-order chi connectivity index (χ1) is 18.5. The van der Waals surface area contributed by atoms with Gasteiger partial charge >= 0.3 is 0 Å². The Hall–Kier alpha value is -4.27. The number of amides is 1. The lowest BCUT2D eigenvalue weighted by Crippen LogP contribution is -2.42. The molecule has 4 rings (SSSR count). The number of rotatable bonds is 10. The Kier molecular flexibility index (Phi) is 8.35. The number of ether oxygens (including phenoxy) is 7. The maximum Gasteiger partial charge on any atom is 0.254 e. The smallest absolute Gasteiger partial charge is 0.254 e. The molecule has 9 nitrogen and oxygen atoms in total. The predicted octanol–water partition coefficient (Wildman–Crippen LogP) is 4.56. The molecule has 0 saturated heterocycles. The first-order valence-corrected chi connectivity index (χ1v) is 12.1. The molecule has 1 heterocycles. The van der Waals surface area contributed by atoms with Gasteiger partial charge in [-0.3, -0.25) is 4.79 Å². The number of fused-ring (bicyclic) bond motifs is 1. The average Bonchev–Trinajstić information content (AvgIpc) is 2.97. The molecular formula is C29H33NO8. The summed E-state index contributed by atoms with van der Waals surface area (Å²) in [6.07, 6.45) is 0.644. The summed E-state index contributed by atoms with van der Waals surface area (Å²) in [5.41, 5.74) is 2.42. The largest absolute Gasteiger partial charge is 0.497 e. The average molecular weight is 524 g/mol. The van der Waals surface area contributed by atoms with E-state index in [1.54, 1.807) is 38.4 Å². The number of methoxy groups -OCH3 is 6. The van der Waals surface area contributed by atoms with Gasteiger partial charge in [-0.1, -0.05) is 0 Å². The molecule has 1 amide bonds. The van der Waals surface area contributed by atoms with Crippen LogP contribution in [0, 0.1) is 0 Å². The van der Waals surface area contributed by atoms with Gasteiger partial charge in [-0.2, -0.15) is 0 Å². The third-order valence-electron chi connectivity index (χ3n) is 6.64. The van der Waals surface area contributed by atoms with Crippen molar-refractivity contribution in [2.75, 3.05) is 55.8 Å². The summed E-state index contributed by atoms with van der Waals surface area (Å²) in [6, 6.07) is 14.1. The molecule has 3 aromatic rings. The number of carbonyl (C=O) groups is 1. The van der Waals surface area contributed by atoms with Crippen LogP contribution in [0.5, 0.6) is 40.2 Å². The Morgan fingerprint density at radius 1 is 0.737 bits per heavy atom. The van der Waals surface area contributed by atoms with Gasteiger partial charge in [-0.05, 0) is 66.1 Å². The van der Waals surface area contributed by atoms with Crippen molar-refractivity contribution in [3.8, 4) is 40.2 Å². The molecule has 0 spiro atoms. The first kappa shape index (κ1) is 26.8. The number of nitrogens with zero attached hydrogens (tertiary/aromatic N) is 1. The summed E-state index contributed by atoms with van der Waals surface area (Å²) in [5.74, 6) is 3.68. The van der Waals surface area contributed by atoms with E-state index < -0.39 is 6.04 Å². The molecule has 38 heavy (non-hydrogen) atoms. The fourth-order valence-corrected chi connectivity index (χ4v) is 4.67. The Balaban J connectivity index is 1.73. The van der Waals surface area contributed by atoms with E-state index in [9.17, 15) is 4.79 Å². The highest BCUT2D eigenvalue weighted by atomic mass is 16.5. The second-order valence-electron chi connectivity index (χ2n) is 8.57. The van der Waals surface area contributed by atoms with Gasteiger partial charge in [0.1, 0.15) is 18.1 Å². The summed E-state index contributed by atoms with van der Waals surface area (Å²) in [6.45, 7) is 0.708. The number of hydrogen-bond acceptors (Lipinski definition) is 8. The minimum Gasteiger partial charge on any atom is -0.497 e. The van der Waals surface area contributed by atoms with E-state index >= 15 is 0 Å². The maximum absolute atomic E-state index is 14.0. The summed E-state index contributed by atoms with van der Waals surface area (Å²) in [7, 11) is 9.38. The second-order valence-corrected chi connectivity index (χ2v) is 8.57. The van der Waals surface area contributed by atoms with Crippen molar-refractivity contribution in [3.05, 3.63) is 65.2 Å². The highest BCUT2D eigenvalue weighted by Gasteiger charge is 2.34. The van der Waals surface area contributed by atoms with Crippen molar-refractivity contribution in [3.63, 3.8) is 0 Å². The Labute approximate surface area is 222 Å². The van der Waals surface area contributed by atoms with Crippen LogP contribution in [0.3, 0.4) is 0 Å². The van der Waals surface area contributed by atoms with Crippen LogP contribution in [0.2, 0.25) is 0 Å². The minimum absolute atomic E-state index is 0.187. The van der Waals surface area contributed by atoms with E-state index in [1.165, 1.54) is 21.3 Å². The maximum atomic E-state index is 14.0. The van der Waals surface area contributed by atoms with E-state index in [0.717, 1.165) is 16.9 Å². The van der Waals surface area contributed by atoms with Crippen LogP contribution in [-0.4, -0.2) is 66.6 Å². The fourth-order valence-electron chi connectivity index (χ4n) is 4.67. The fraction of sp³-hybridized carbons (Fsp3) is 0.345. The molecule has 0 bridgehead atoms. The second kappa shape index (κ2) is 11.9. The molecule has 9 heteroatoms. The van der Waals surface area contributed by atoms with E-state index in [2.05, 4.69) is 0 Å². The van der Waals surface area contributed by atoms with E-state index in [1.807, 2.05) is 36.4 Å². The summed E-state index contributed by atoms with van der Waals surface area (Å²) in [4.78, 5) is 15.8. The lowest BCUT2D eigenvalue weighted by Gasteiger charge is -2.37. The van der Waals surface area contributed by atoms with Gasteiger partial charge < -0.3 is 38.1 Å². The predicted molar refractivity (Wildman–Crippen MR) is 142 cm³/mol. The van der Waals surface area contributed by atoms with Crippen molar-refractivity contribution >= 4 is 5.91 Å². The molecule has 0 radical (unpaired) electrons. The van der Waals surface area contributed by atoms with Crippen molar-refractivity contribution in [1.29, 1.82) is 0 Å². The summed E-state index contributed by atoms with van der Waals surface area (Å²) >= 11 is 0. The molecule has 0 unspecified atom stereocenters. The molecule has 3 aromatic carbocycles. The Bertz CT molecular complexity index is 1250. The normalized spacial score (nSPS) is 14.3. The van der Waals surface area contributed by atoms with Crippen LogP contribution in [0.1, 0.15) is 27.5 Å². The van der Waals surface area contributed by atoms with Crippen LogP contribution < -0.4 is 33.2 Å². The number of benzene rings is 3. The third-order valence-corrected chi connectivity index (χ3v) is 6.64. The molecule has 0 saturated carbocycles. The zero-order valence-electron chi connectivity index (χ0n) is 22.5. The van der Waals surface area contributed by atoms with Crippen LogP contribution >= 0.6 is 0 Å². The van der Waals surface area contributed by atoms with E-state index in [-0.39, 0.29) is 12.5 Å². The third kappa shape index (κ3) is 5.22. The number of hydrogen-bond donors (Lipinski definition) is 0. The molecular weight excluding hydrogens is 490 g/mol. The molecule has 0 N–H and O–H groups in total. The molecule has 0 aromatic heterocycles. The van der Waals surface area contributed by atoms with Gasteiger partial charge in [-0.25, -0.2) is 0 Å². The lowest BCUT2D eigenvalue weighted by atomic mass is 9.91. The van der Waals surface area contributed by atoms with Gasteiger partial charge in [-0.15, -0.1) is 0 Å². The van der Waals surface area contributed by atoms with E-state index in [0.29, 0.717) is 53.0 Å². The standard InChI is InChI=1S/C29H33NO8/c1-32-20-7-9-21(10-8-20)38-17-23-22-16-25(34-3)24(33-2)13-18(22)11-12-30(23)29(31)19-14-26(35-4)28(37-6)27(15-19)36-5/h7-10,13-16,23H,11-12,17H2,1-6H3/t23-/m0/s1. The van der Waals surface area contributed by atoms with Crippen molar-refractivity contribution in [1.82, 2.24) is 4.90 Å². The van der Waals surface area contributed by atoms with Crippen molar-refractivity contribution in [2.24, 2.45) is 0 Å². The zero-order valence-corrected chi connectivity index (χ0v) is 22.5. The summed E-state index contributed by atoms with van der Waals surface area (Å²) < 4.78 is 38.9. The number of carbonyl (C=O) groups excluding carboxylic acids is 1. The van der Waals surface area contributed by atoms with Crippen molar-refractivity contribution < 1.29 is 38.0 Å². The van der Waals surface area contributed by atoms with Crippen molar-refractivity contribution in [2.45, 2.75) is 12.5 Å². The Morgan fingerprint density at radius 2 is 1.32 bits per heavy atom. The first-order valence-electron chi connectivity index (χ1n) is 12.1. The monoisotopic (exact) mass is 523 g/mol. The van der Waals surface area contributed by atoms with Gasteiger partial charge in [0.2, 0.25) is 5.75 Å². The van der Waals surface area contributed by atoms with Gasteiger partial charge in [0.15, 0.2) is 23.0 Å². The minimum atomic E-state index is -0.396. The molecule has 1 aliphatic rings. The summed E-state index contributed by atoms with van der Waals surface area (Å²) in [5, 5.41) is 0. The van der Waals surface area contributed by atoms with Gasteiger partial charge in [0.05, 0.1) is 48.7 Å². The van der Waals surface area contributed by atoms with Gasteiger partial charge in [0, 0.05) is 12.1 Å². The van der Waals surface area contributed by atoms with E-state index in [4.69, 9.17) is 33.2 Å². The SMILES string of the molecule is COc1ccc(OC[C@H]2c3cc(OC)c(OC)cc3CCN2C(=O)c2cc(OC)c(OC)c(OC)c2)cc1. The van der Waals surface area contributed by atoms with Crippen LogP contribution in [0.25, 0.3) is 0 Å². The Morgan fingerprint density at radius 3 is 1.87 bits per heavy atom. The zero-order chi connectivity index (χ0) is 27.2. The van der Waals surface area contributed by atoms with Crippen LogP contribution in [-0.2, 0) is 6.42 Å². The highest BCUT2D eigenvalue weighted by Crippen LogP contribution is 2.41. The van der Waals surface area contributed by atoms with Crippen LogP contribution in [0.4, 0.5) is 0 Å². The topological polar surface area (TPSA) is 84.9 Å². The molecule has 1 atom stereocenters. The molecule has 0 fully saturated rings. The van der Waals surface area contributed by atoms with Crippen LogP contribution in [0.15, 0.2) is 48.5 Å². The molecule has 1 aliphatic heterocycles. The highest BCUT2D eigenvalue weighted by molar-refractivity contribution is 5.96. The quantitative estimate of drug-likeness (QED) is 0.383. The molecule has 202 valence electrons. The lowest BCUT2D eigenvalue weighted by molar-refractivity contribution is 0.0588. The van der Waals surface area contributed by atoms with Gasteiger partial charge in [0.25, 0.3) is 5.91 Å². The molecule has 0 aliphatic carbocycles.